The first kappa shape index (κ1) is 29.0. The van der Waals surface area contributed by atoms with E-state index in [0.717, 1.165) is 0 Å². The molecule has 12 heteroatoms. The van der Waals surface area contributed by atoms with E-state index in [1.807, 2.05) is 0 Å². The topological polar surface area (TPSA) is 245 Å². The number of hydrogen-bond acceptors (Lipinski definition) is 12. The molecule has 0 heterocycles. The van der Waals surface area contributed by atoms with Crippen LogP contribution in [0.5, 0.6) is 23.0 Å². The van der Waals surface area contributed by atoms with Crippen molar-refractivity contribution >= 4 is 45.5 Å². The smallest absolute Gasteiger partial charge is 0.231 e. The standard InChI is InChI=1S/C15H20N4O2.C13H16N4O2/c16-10-2-4-14(12(18)8-10)20-6-1-7-21-15-5-3-11(17)9-13(15)19;14-8-1-3-12(10(16)5-8)18-7-19-13-4-2-9(15)6-11(13)17/h2-5,8-9H,1,6-7,16-19H2;1-6H,7,14-17H2. The maximum absolute atomic E-state index is 5.80. The Morgan fingerprint density at radius 1 is 0.375 bits per heavy atom. The van der Waals surface area contributed by atoms with Crippen LogP contribution in [0.1, 0.15) is 6.42 Å². The lowest BCUT2D eigenvalue weighted by Crippen LogP contribution is -2.08. The lowest BCUT2D eigenvalue weighted by Gasteiger charge is -2.12. The third-order valence-electron chi connectivity index (χ3n) is 5.37. The Morgan fingerprint density at radius 3 is 0.925 bits per heavy atom. The average molecular weight is 549 g/mol. The Kier molecular flexibility index (Phi) is 10.1. The van der Waals surface area contributed by atoms with Gasteiger partial charge in [0, 0.05) is 29.2 Å². The quantitative estimate of drug-likeness (QED) is 0.0808. The number of benzene rings is 4. The molecular formula is C28H36N8O4. The lowest BCUT2D eigenvalue weighted by atomic mass is 10.2. The van der Waals surface area contributed by atoms with Crippen molar-refractivity contribution in [3.8, 4) is 23.0 Å². The van der Waals surface area contributed by atoms with E-state index in [1.54, 1.807) is 72.8 Å². The summed E-state index contributed by atoms with van der Waals surface area (Å²) in [5, 5.41) is 0. The molecule has 4 aromatic carbocycles. The Labute approximate surface area is 232 Å². The maximum Gasteiger partial charge on any atom is 0.231 e. The molecule has 0 saturated carbocycles. The van der Waals surface area contributed by atoms with E-state index in [2.05, 4.69) is 0 Å². The first-order chi connectivity index (χ1) is 19.1. The van der Waals surface area contributed by atoms with Gasteiger partial charge in [-0.2, -0.15) is 0 Å². The highest BCUT2D eigenvalue weighted by atomic mass is 16.7. The molecule has 4 aromatic rings. The van der Waals surface area contributed by atoms with Crippen molar-refractivity contribution in [2.45, 2.75) is 6.42 Å². The first-order valence-electron chi connectivity index (χ1n) is 12.2. The van der Waals surface area contributed by atoms with Gasteiger partial charge < -0.3 is 64.8 Å². The van der Waals surface area contributed by atoms with Crippen LogP contribution in [0.15, 0.2) is 72.8 Å². The Morgan fingerprint density at radius 2 is 0.650 bits per heavy atom. The van der Waals surface area contributed by atoms with Crippen molar-refractivity contribution in [2.24, 2.45) is 0 Å². The van der Waals surface area contributed by atoms with Gasteiger partial charge in [0.15, 0.2) is 0 Å². The Bertz CT molecular complexity index is 1310. The summed E-state index contributed by atoms with van der Waals surface area (Å²) in [6.07, 6.45) is 0.702. The molecule has 0 aliphatic heterocycles. The van der Waals surface area contributed by atoms with Gasteiger partial charge in [-0.25, -0.2) is 0 Å². The van der Waals surface area contributed by atoms with Crippen molar-refractivity contribution < 1.29 is 18.9 Å². The van der Waals surface area contributed by atoms with Gasteiger partial charge in [-0.1, -0.05) is 0 Å². The van der Waals surface area contributed by atoms with Crippen molar-refractivity contribution in [1.29, 1.82) is 0 Å². The Hall–Kier alpha value is -5.52. The molecule has 0 aliphatic carbocycles. The third kappa shape index (κ3) is 8.80. The van der Waals surface area contributed by atoms with Crippen LogP contribution in [0.4, 0.5) is 45.5 Å². The van der Waals surface area contributed by atoms with Crippen molar-refractivity contribution in [3.63, 3.8) is 0 Å². The normalized spacial score (nSPS) is 10.2. The Balaban J connectivity index is 0.000000222. The lowest BCUT2D eigenvalue weighted by molar-refractivity contribution is 0.121. The van der Waals surface area contributed by atoms with Gasteiger partial charge in [0.1, 0.15) is 23.0 Å². The zero-order valence-electron chi connectivity index (χ0n) is 22.0. The number of nitrogens with two attached hydrogens (primary N) is 8. The average Bonchev–Trinajstić information content (AvgIpc) is 2.89. The summed E-state index contributed by atoms with van der Waals surface area (Å²) in [5.41, 5.74) is 49.8. The minimum absolute atomic E-state index is 0.0117. The third-order valence-corrected chi connectivity index (χ3v) is 5.37. The summed E-state index contributed by atoms with van der Waals surface area (Å²) in [6.45, 7) is 0.966. The van der Waals surface area contributed by atoms with Gasteiger partial charge in [0.2, 0.25) is 6.79 Å². The summed E-state index contributed by atoms with van der Waals surface area (Å²) in [7, 11) is 0. The molecule has 0 atom stereocenters. The second kappa shape index (κ2) is 13.9. The molecular weight excluding hydrogens is 512 g/mol. The van der Waals surface area contributed by atoms with Gasteiger partial charge in [-0.3, -0.25) is 0 Å². The van der Waals surface area contributed by atoms with Crippen LogP contribution in [0, 0.1) is 0 Å². The monoisotopic (exact) mass is 548 g/mol. The zero-order chi connectivity index (χ0) is 29.1. The van der Waals surface area contributed by atoms with E-state index in [1.165, 1.54) is 0 Å². The fourth-order valence-electron chi connectivity index (χ4n) is 3.37. The van der Waals surface area contributed by atoms with Crippen LogP contribution in [0.25, 0.3) is 0 Å². The second-order valence-corrected chi connectivity index (χ2v) is 8.65. The molecule has 40 heavy (non-hydrogen) atoms. The first-order valence-corrected chi connectivity index (χ1v) is 12.2. The van der Waals surface area contributed by atoms with E-state index in [9.17, 15) is 0 Å². The van der Waals surface area contributed by atoms with Gasteiger partial charge in [0.25, 0.3) is 0 Å². The van der Waals surface area contributed by atoms with E-state index < -0.39 is 0 Å². The fraction of sp³-hybridized carbons (Fsp3) is 0.143. The molecule has 0 radical (unpaired) electrons. The van der Waals surface area contributed by atoms with Crippen LogP contribution in [0.3, 0.4) is 0 Å². The predicted molar refractivity (Wildman–Crippen MR) is 163 cm³/mol. The summed E-state index contributed by atoms with van der Waals surface area (Å²) in [6, 6.07) is 20.3. The summed E-state index contributed by atoms with van der Waals surface area (Å²) >= 11 is 0. The van der Waals surface area contributed by atoms with Crippen LogP contribution >= 0.6 is 0 Å². The van der Waals surface area contributed by atoms with Crippen molar-refractivity contribution in [2.75, 3.05) is 65.9 Å². The molecule has 0 fully saturated rings. The number of nitrogen functional groups attached to an aromatic ring is 8. The largest absolute Gasteiger partial charge is 0.491 e. The minimum Gasteiger partial charge on any atom is -0.491 e. The van der Waals surface area contributed by atoms with E-state index >= 15 is 0 Å². The van der Waals surface area contributed by atoms with E-state index in [0.29, 0.717) is 88.1 Å². The summed E-state index contributed by atoms with van der Waals surface area (Å²) in [4.78, 5) is 0. The van der Waals surface area contributed by atoms with Crippen LogP contribution in [0.2, 0.25) is 0 Å². The highest BCUT2D eigenvalue weighted by Crippen LogP contribution is 2.27. The minimum atomic E-state index is -0.0117. The van der Waals surface area contributed by atoms with Crippen LogP contribution in [-0.4, -0.2) is 20.0 Å². The number of hydrogen-bond donors (Lipinski definition) is 8. The molecule has 0 saturated heterocycles. The molecule has 0 aliphatic rings. The van der Waals surface area contributed by atoms with Crippen LogP contribution < -0.4 is 64.8 Å². The molecule has 0 amide bonds. The van der Waals surface area contributed by atoms with Crippen molar-refractivity contribution in [3.05, 3.63) is 72.8 Å². The van der Waals surface area contributed by atoms with Gasteiger partial charge >= 0.3 is 0 Å². The molecule has 16 N–H and O–H groups in total. The molecule has 0 spiro atoms. The molecule has 0 unspecified atom stereocenters. The second-order valence-electron chi connectivity index (χ2n) is 8.65. The molecule has 0 bridgehead atoms. The van der Waals surface area contributed by atoms with Gasteiger partial charge in [0.05, 0.1) is 36.0 Å². The van der Waals surface area contributed by atoms with Gasteiger partial charge in [-0.15, -0.1) is 0 Å². The number of rotatable bonds is 10. The highest BCUT2D eigenvalue weighted by molar-refractivity contribution is 5.62. The summed E-state index contributed by atoms with van der Waals surface area (Å²) in [5.74, 6) is 2.25. The fourth-order valence-corrected chi connectivity index (χ4v) is 3.37. The number of ether oxygens (including phenoxy) is 4. The van der Waals surface area contributed by atoms with Crippen molar-refractivity contribution in [1.82, 2.24) is 0 Å². The molecule has 212 valence electrons. The summed E-state index contributed by atoms with van der Waals surface area (Å²) < 4.78 is 21.9. The maximum atomic E-state index is 5.80. The van der Waals surface area contributed by atoms with E-state index in [4.69, 9.17) is 64.8 Å². The zero-order valence-corrected chi connectivity index (χ0v) is 22.0. The van der Waals surface area contributed by atoms with E-state index in [-0.39, 0.29) is 6.79 Å². The molecule has 12 nitrogen and oxygen atoms in total. The van der Waals surface area contributed by atoms with Gasteiger partial charge in [-0.05, 0) is 72.8 Å². The van der Waals surface area contributed by atoms with Crippen LogP contribution in [-0.2, 0) is 0 Å². The SMILES string of the molecule is Nc1ccc(OCCCOc2ccc(N)cc2N)c(N)c1.Nc1ccc(OCOc2ccc(N)cc2N)c(N)c1. The molecule has 4 rings (SSSR count). The number of anilines is 8. The highest BCUT2D eigenvalue weighted by Gasteiger charge is 2.05. The molecule has 0 aromatic heterocycles. The predicted octanol–water partition coefficient (Wildman–Crippen LogP) is 3.29.